The first kappa shape index (κ1) is 16.2. The predicted molar refractivity (Wildman–Crippen MR) is 75.3 cm³/mol. The number of furan rings is 1. The Morgan fingerprint density at radius 2 is 2.05 bits per heavy atom. The highest BCUT2D eigenvalue weighted by atomic mass is 32.2. The highest BCUT2D eigenvalue weighted by molar-refractivity contribution is 7.89. The molecule has 2 N–H and O–H groups in total. The van der Waals surface area contributed by atoms with E-state index in [0.29, 0.717) is 24.8 Å². The molecule has 0 fully saturated rings. The molecule has 0 saturated heterocycles. The summed E-state index contributed by atoms with van der Waals surface area (Å²) >= 11 is 0. The second-order valence-corrected chi connectivity index (χ2v) is 6.46. The number of nitrogens with one attached hydrogen (secondary N) is 2. The molecular formula is C13H24N2O3S. The molecule has 0 aliphatic heterocycles. The molecule has 0 aliphatic carbocycles. The van der Waals surface area contributed by atoms with Gasteiger partial charge in [0, 0.05) is 6.54 Å². The molecule has 1 rings (SSSR count). The lowest BCUT2D eigenvalue weighted by Crippen LogP contribution is -2.28. The van der Waals surface area contributed by atoms with E-state index >= 15 is 0 Å². The van der Waals surface area contributed by atoms with Crippen LogP contribution >= 0.6 is 0 Å². The van der Waals surface area contributed by atoms with E-state index in [4.69, 9.17) is 4.42 Å². The minimum absolute atomic E-state index is 0.0101. The lowest BCUT2D eigenvalue weighted by Gasteiger charge is -2.09. The van der Waals surface area contributed by atoms with Gasteiger partial charge in [0.1, 0.15) is 5.76 Å². The van der Waals surface area contributed by atoms with Gasteiger partial charge in [0.05, 0.1) is 6.54 Å². The van der Waals surface area contributed by atoms with Gasteiger partial charge in [-0.25, -0.2) is 13.1 Å². The zero-order chi connectivity index (χ0) is 14.3. The van der Waals surface area contributed by atoms with Crippen molar-refractivity contribution in [3.63, 3.8) is 0 Å². The van der Waals surface area contributed by atoms with Gasteiger partial charge in [0.25, 0.3) is 10.0 Å². The Bertz CT molecular complexity index is 468. The highest BCUT2D eigenvalue weighted by Crippen LogP contribution is 2.14. The molecule has 1 aromatic heterocycles. The molecule has 0 aliphatic rings. The highest BCUT2D eigenvalue weighted by Gasteiger charge is 2.18. The van der Waals surface area contributed by atoms with Gasteiger partial charge in [-0.3, -0.25) is 0 Å². The molecule has 0 spiro atoms. The van der Waals surface area contributed by atoms with E-state index in [1.165, 1.54) is 6.07 Å². The fourth-order valence-electron chi connectivity index (χ4n) is 1.45. The third kappa shape index (κ3) is 5.34. The molecule has 1 atom stereocenters. The summed E-state index contributed by atoms with van der Waals surface area (Å²) in [4.78, 5) is 0. The molecule has 0 amide bonds. The molecular weight excluding hydrogens is 264 g/mol. The third-order valence-corrected chi connectivity index (χ3v) is 4.24. The van der Waals surface area contributed by atoms with Gasteiger partial charge in [-0.15, -0.1) is 0 Å². The van der Waals surface area contributed by atoms with Crippen LogP contribution in [0.25, 0.3) is 0 Å². The van der Waals surface area contributed by atoms with Crippen molar-refractivity contribution in [2.45, 2.75) is 45.2 Å². The summed E-state index contributed by atoms with van der Waals surface area (Å²) in [5, 5.41) is 3.16. The summed E-state index contributed by atoms with van der Waals surface area (Å²) in [6, 6.07) is 3.20. The Morgan fingerprint density at radius 3 is 2.68 bits per heavy atom. The second kappa shape index (κ2) is 7.67. The van der Waals surface area contributed by atoms with Gasteiger partial charge >= 0.3 is 0 Å². The average Bonchev–Trinajstić information content (AvgIpc) is 2.86. The molecule has 0 radical (unpaired) electrons. The summed E-state index contributed by atoms with van der Waals surface area (Å²) in [5.74, 6) is 0.952. The monoisotopic (exact) mass is 288 g/mol. The maximum Gasteiger partial charge on any atom is 0.273 e. The van der Waals surface area contributed by atoms with Crippen molar-refractivity contribution in [1.29, 1.82) is 0 Å². The Labute approximate surface area is 115 Å². The van der Waals surface area contributed by atoms with Gasteiger partial charge in [0.15, 0.2) is 0 Å². The van der Waals surface area contributed by atoms with Gasteiger partial charge in [-0.05, 0) is 31.0 Å². The van der Waals surface area contributed by atoms with Crippen LogP contribution in [0.1, 0.15) is 39.4 Å². The molecule has 1 heterocycles. The maximum atomic E-state index is 12.0. The summed E-state index contributed by atoms with van der Waals surface area (Å²) in [5.41, 5.74) is 0. The zero-order valence-electron chi connectivity index (χ0n) is 11.9. The molecule has 1 aromatic rings. The summed E-state index contributed by atoms with van der Waals surface area (Å²) in [6.07, 6.45) is 1.97. The third-order valence-electron chi connectivity index (χ3n) is 2.95. The fourth-order valence-corrected chi connectivity index (χ4v) is 2.56. The minimum atomic E-state index is -3.52. The first-order valence-electron chi connectivity index (χ1n) is 6.78. The van der Waals surface area contributed by atoms with Gasteiger partial charge in [0.2, 0.25) is 5.09 Å². The Morgan fingerprint density at radius 1 is 1.32 bits per heavy atom. The van der Waals surface area contributed by atoms with Crippen molar-refractivity contribution in [1.82, 2.24) is 10.0 Å². The van der Waals surface area contributed by atoms with Crippen LogP contribution in [-0.2, 0) is 16.6 Å². The number of rotatable bonds is 9. The first-order chi connectivity index (χ1) is 8.99. The van der Waals surface area contributed by atoms with Crippen molar-refractivity contribution in [2.24, 2.45) is 5.92 Å². The molecule has 110 valence electrons. The second-order valence-electron chi connectivity index (χ2n) is 4.76. The van der Waals surface area contributed by atoms with Crippen LogP contribution < -0.4 is 10.0 Å². The van der Waals surface area contributed by atoms with E-state index in [2.05, 4.69) is 17.0 Å². The standard InChI is InChI=1S/C13H24N2O3S/c1-4-8-14-10-12-6-7-13(18-12)19(16,17)15-9-11(3)5-2/h6-7,11,14-15H,4-5,8-10H2,1-3H3. The van der Waals surface area contributed by atoms with Crippen molar-refractivity contribution in [3.05, 3.63) is 17.9 Å². The van der Waals surface area contributed by atoms with Crippen LogP contribution in [0.15, 0.2) is 21.6 Å². The Balaban J connectivity index is 2.58. The quantitative estimate of drug-likeness (QED) is 0.683. The van der Waals surface area contributed by atoms with Crippen molar-refractivity contribution in [2.75, 3.05) is 13.1 Å². The van der Waals surface area contributed by atoms with Gasteiger partial charge < -0.3 is 9.73 Å². The van der Waals surface area contributed by atoms with E-state index < -0.39 is 10.0 Å². The Kier molecular flexibility index (Phi) is 6.54. The topological polar surface area (TPSA) is 71.3 Å². The van der Waals surface area contributed by atoms with Crippen molar-refractivity contribution in [3.8, 4) is 0 Å². The van der Waals surface area contributed by atoms with E-state index in [0.717, 1.165) is 19.4 Å². The summed E-state index contributed by atoms with van der Waals surface area (Å²) in [7, 11) is -3.52. The van der Waals surface area contributed by atoms with Crippen LogP contribution in [0.2, 0.25) is 0 Å². The lowest BCUT2D eigenvalue weighted by atomic mass is 10.1. The summed E-state index contributed by atoms with van der Waals surface area (Å²) in [6.45, 7) is 7.98. The van der Waals surface area contributed by atoms with E-state index in [1.54, 1.807) is 6.07 Å². The maximum absolute atomic E-state index is 12.0. The van der Waals surface area contributed by atoms with Crippen LogP contribution in [0.4, 0.5) is 0 Å². The predicted octanol–water partition coefficient (Wildman–Crippen LogP) is 2.10. The molecule has 0 aromatic carbocycles. The van der Waals surface area contributed by atoms with Gasteiger partial charge in [-0.1, -0.05) is 27.2 Å². The van der Waals surface area contributed by atoms with Crippen molar-refractivity contribution < 1.29 is 12.8 Å². The first-order valence-corrected chi connectivity index (χ1v) is 8.27. The average molecular weight is 288 g/mol. The van der Waals surface area contributed by atoms with Gasteiger partial charge in [-0.2, -0.15) is 0 Å². The molecule has 1 unspecified atom stereocenters. The molecule has 0 saturated carbocycles. The summed E-state index contributed by atoms with van der Waals surface area (Å²) < 4.78 is 31.9. The molecule has 5 nitrogen and oxygen atoms in total. The Hall–Kier alpha value is -0.850. The van der Waals surface area contributed by atoms with E-state index in [1.807, 2.05) is 13.8 Å². The fraction of sp³-hybridized carbons (Fsp3) is 0.692. The zero-order valence-corrected chi connectivity index (χ0v) is 12.7. The number of hydrogen-bond acceptors (Lipinski definition) is 4. The number of sulfonamides is 1. The van der Waals surface area contributed by atoms with Crippen LogP contribution in [0, 0.1) is 5.92 Å². The van der Waals surface area contributed by atoms with E-state index in [9.17, 15) is 8.42 Å². The smallest absolute Gasteiger partial charge is 0.273 e. The molecule has 6 heteroatoms. The van der Waals surface area contributed by atoms with Crippen molar-refractivity contribution >= 4 is 10.0 Å². The molecule has 0 bridgehead atoms. The van der Waals surface area contributed by atoms with Crippen LogP contribution in [0.5, 0.6) is 0 Å². The van der Waals surface area contributed by atoms with E-state index in [-0.39, 0.29) is 5.09 Å². The SMILES string of the molecule is CCCNCc1ccc(S(=O)(=O)NCC(C)CC)o1. The largest absolute Gasteiger partial charge is 0.447 e. The van der Waals surface area contributed by atoms with Crippen LogP contribution in [0.3, 0.4) is 0 Å². The minimum Gasteiger partial charge on any atom is -0.447 e. The number of hydrogen-bond donors (Lipinski definition) is 2. The molecule has 19 heavy (non-hydrogen) atoms. The lowest BCUT2D eigenvalue weighted by molar-refractivity contribution is 0.398. The normalized spacial score (nSPS) is 13.6. The van der Waals surface area contributed by atoms with Crippen LogP contribution in [-0.4, -0.2) is 21.5 Å².